The molecule has 0 saturated carbocycles. The van der Waals surface area contributed by atoms with Crippen molar-refractivity contribution in [1.29, 1.82) is 0 Å². The van der Waals surface area contributed by atoms with Gasteiger partial charge in [0.1, 0.15) is 6.33 Å². The molecule has 0 aromatic carbocycles. The zero-order valence-electron chi connectivity index (χ0n) is 7.88. The Morgan fingerprint density at radius 1 is 1.27 bits per heavy atom. The number of fused-ring (bicyclic) bond motifs is 1. The summed E-state index contributed by atoms with van der Waals surface area (Å²) in [5.41, 5.74) is 2.67. The highest BCUT2D eigenvalue weighted by Crippen LogP contribution is 2.24. The fourth-order valence-corrected chi connectivity index (χ4v) is 1.67. The molecular formula is C10H9N5. The van der Waals surface area contributed by atoms with Gasteiger partial charge in [0.2, 0.25) is 0 Å². The second-order valence-electron chi connectivity index (χ2n) is 3.28. The molecule has 5 nitrogen and oxygen atoms in total. The summed E-state index contributed by atoms with van der Waals surface area (Å²) in [5.74, 6) is 5.72. The van der Waals surface area contributed by atoms with Crippen molar-refractivity contribution in [2.45, 2.75) is 0 Å². The minimum Gasteiger partial charge on any atom is -0.367 e. The average molecular weight is 199 g/mol. The van der Waals surface area contributed by atoms with Gasteiger partial charge >= 0.3 is 0 Å². The van der Waals surface area contributed by atoms with Crippen molar-refractivity contribution in [3.63, 3.8) is 0 Å². The highest BCUT2D eigenvalue weighted by molar-refractivity contribution is 5.90. The lowest BCUT2D eigenvalue weighted by Gasteiger charge is -1.99. The molecule has 0 aliphatic heterocycles. The molecular weight excluding hydrogens is 190 g/mol. The van der Waals surface area contributed by atoms with E-state index in [0.29, 0.717) is 0 Å². The number of hydrogen-bond acceptors (Lipinski definition) is 3. The van der Waals surface area contributed by atoms with Crippen molar-refractivity contribution in [1.82, 2.24) is 19.6 Å². The minimum absolute atomic E-state index is 0.737. The van der Waals surface area contributed by atoms with Crippen LogP contribution in [0.3, 0.4) is 0 Å². The Kier molecular flexibility index (Phi) is 1.53. The third-order valence-electron chi connectivity index (χ3n) is 2.38. The van der Waals surface area contributed by atoms with Crippen molar-refractivity contribution in [3.8, 4) is 11.3 Å². The van der Waals surface area contributed by atoms with Crippen molar-refractivity contribution in [3.05, 3.63) is 37.1 Å². The molecule has 0 bridgehead atoms. The van der Waals surface area contributed by atoms with Crippen LogP contribution < -0.4 is 5.84 Å². The smallest absolute Gasteiger partial charge is 0.162 e. The molecule has 74 valence electrons. The number of rotatable bonds is 1. The maximum Gasteiger partial charge on any atom is 0.162 e. The third-order valence-corrected chi connectivity index (χ3v) is 2.38. The largest absolute Gasteiger partial charge is 0.367 e. The average Bonchev–Trinajstić information content (AvgIpc) is 2.88. The lowest BCUT2D eigenvalue weighted by molar-refractivity contribution is 1.03. The van der Waals surface area contributed by atoms with Gasteiger partial charge in [-0.3, -0.25) is 4.68 Å². The first-order valence-electron chi connectivity index (χ1n) is 4.56. The van der Waals surface area contributed by atoms with Gasteiger partial charge in [0.05, 0.1) is 5.69 Å². The summed E-state index contributed by atoms with van der Waals surface area (Å²) >= 11 is 0. The maximum absolute atomic E-state index is 5.72. The summed E-state index contributed by atoms with van der Waals surface area (Å²) < 4.78 is 1.49. The molecule has 0 saturated heterocycles. The Labute approximate surface area is 85.5 Å². The predicted molar refractivity (Wildman–Crippen MR) is 57.5 cm³/mol. The molecule has 3 N–H and O–H groups in total. The van der Waals surface area contributed by atoms with Gasteiger partial charge in [-0.15, -0.1) is 0 Å². The van der Waals surface area contributed by atoms with E-state index in [4.69, 9.17) is 5.84 Å². The van der Waals surface area contributed by atoms with Crippen LogP contribution in [0.4, 0.5) is 0 Å². The number of aromatic nitrogens is 4. The maximum atomic E-state index is 5.72. The predicted octanol–water partition coefficient (Wildman–Crippen LogP) is 1.14. The van der Waals surface area contributed by atoms with E-state index < -0.39 is 0 Å². The Morgan fingerprint density at radius 3 is 3.00 bits per heavy atom. The van der Waals surface area contributed by atoms with Crippen molar-refractivity contribution in [2.75, 3.05) is 5.84 Å². The van der Waals surface area contributed by atoms with E-state index in [0.717, 1.165) is 22.3 Å². The molecule has 0 aliphatic rings. The van der Waals surface area contributed by atoms with Gasteiger partial charge < -0.3 is 10.8 Å². The summed E-state index contributed by atoms with van der Waals surface area (Å²) in [6, 6.07) is 3.88. The number of hydrogen-bond donors (Lipinski definition) is 2. The standard InChI is InChI=1S/C10H9N5/c11-15-4-2-8-9(7-1-3-12-5-7)13-6-14-10(8)15/h1-6,12H,11H2. The van der Waals surface area contributed by atoms with Gasteiger partial charge in [-0.1, -0.05) is 0 Å². The van der Waals surface area contributed by atoms with Crippen LogP contribution in [0.5, 0.6) is 0 Å². The van der Waals surface area contributed by atoms with Crippen LogP contribution in [0, 0.1) is 0 Å². The number of nitrogens with one attached hydrogen (secondary N) is 1. The number of H-pyrrole nitrogens is 1. The highest BCUT2D eigenvalue weighted by atomic mass is 15.3. The molecule has 5 heteroatoms. The topological polar surface area (TPSA) is 72.5 Å². The van der Waals surface area contributed by atoms with Crippen molar-refractivity contribution >= 4 is 11.0 Å². The fraction of sp³-hybridized carbons (Fsp3) is 0. The molecule has 0 amide bonds. The normalized spacial score (nSPS) is 10.9. The molecule has 3 rings (SSSR count). The molecule has 0 unspecified atom stereocenters. The van der Waals surface area contributed by atoms with Crippen molar-refractivity contribution < 1.29 is 0 Å². The first kappa shape index (κ1) is 8.05. The first-order valence-corrected chi connectivity index (χ1v) is 4.56. The lowest BCUT2D eigenvalue weighted by atomic mass is 10.2. The van der Waals surface area contributed by atoms with E-state index >= 15 is 0 Å². The van der Waals surface area contributed by atoms with Gasteiger partial charge in [-0.2, -0.15) is 0 Å². The third kappa shape index (κ3) is 1.10. The highest BCUT2D eigenvalue weighted by Gasteiger charge is 2.08. The van der Waals surface area contributed by atoms with E-state index in [-0.39, 0.29) is 0 Å². The number of nitrogens with two attached hydrogens (primary N) is 1. The summed E-state index contributed by atoms with van der Waals surface area (Å²) in [5, 5.41) is 0.958. The van der Waals surface area contributed by atoms with Crippen LogP contribution in [0.25, 0.3) is 22.3 Å². The molecule has 15 heavy (non-hydrogen) atoms. The number of nitrogen functional groups attached to an aromatic ring is 1. The summed E-state index contributed by atoms with van der Waals surface area (Å²) in [6.45, 7) is 0. The first-order chi connectivity index (χ1) is 7.36. The summed E-state index contributed by atoms with van der Waals surface area (Å²) in [7, 11) is 0. The zero-order chi connectivity index (χ0) is 10.3. The van der Waals surface area contributed by atoms with E-state index in [1.807, 2.05) is 24.5 Å². The van der Waals surface area contributed by atoms with Gasteiger partial charge in [0, 0.05) is 29.5 Å². The van der Waals surface area contributed by atoms with Gasteiger partial charge in [0.15, 0.2) is 5.65 Å². The van der Waals surface area contributed by atoms with E-state index in [1.54, 1.807) is 6.20 Å². The van der Waals surface area contributed by atoms with Crippen molar-refractivity contribution in [2.24, 2.45) is 0 Å². The Morgan fingerprint density at radius 2 is 2.20 bits per heavy atom. The molecule has 0 spiro atoms. The van der Waals surface area contributed by atoms with E-state index in [2.05, 4.69) is 15.0 Å². The van der Waals surface area contributed by atoms with E-state index in [1.165, 1.54) is 11.0 Å². The zero-order valence-corrected chi connectivity index (χ0v) is 7.88. The van der Waals surface area contributed by atoms with Crippen LogP contribution in [0.15, 0.2) is 37.1 Å². The van der Waals surface area contributed by atoms with Crippen LogP contribution in [0.2, 0.25) is 0 Å². The molecule has 0 radical (unpaired) electrons. The molecule has 0 fully saturated rings. The molecule has 3 aromatic rings. The lowest BCUT2D eigenvalue weighted by Crippen LogP contribution is -2.06. The van der Waals surface area contributed by atoms with Crippen LogP contribution in [0.1, 0.15) is 0 Å². The minimum atomic E-state index is 0.737. The molecule has 3 aromatic heterocycles. The summed E-state index contributed by atoms with van der Waals surface area (Å²) in [4.78, 5) is 11.4. The quantitative estimate of drug-likeness (QED) is 0.577. The summed E-state index contributed by atoms with van der Waals surface area (Å²) in [6.07, 6.45) is 7.06. The van der Waals surface area contributed by atoms with Crippen LogP contribution in [-0.2, 0) is 0 Å². The monoisotopic (exact) mass is 199 g/mol. The second kappa shape index (κ2) is 2.84. The molecule has 0 atom stereocenters. The van der Waals surface area contributed by atoms with Gasteiger partial charge in [-0.25, -0.2) is 9.97 Å². The SMILES string of the molecule is Nn1ccc2c(-c3cc[nH]c3)ncnc21. The fourth-order valence-electron chi connectivity index (χ4n) is 1.67. The molecule has 3 heterocycles. The Bertz CT molecular complexity index is 593. The van der Waals surface area contributed by atoms with Gasteiger partial charge in [0.25, 0.3) is 0 Å². The van der Waals surface area contributed by atoms with E-state index in [9.17, 15) is 0 Å². The molecule has 0 aliphatic carbocycles. The Hall–Kier alpha value is -2.30. The second-order valence-corrected chi connectivity index (χ2v) is 3.28. The van der Waals surface area contributed by atoms with Crippen LogP contribution in [-0.4, -0.2) is 19.6 Å². The number of aromatic amines is 1. The van der Waals surface area contributed by atoms with Gasteiger partial charge in [-0.05, 0) is 12.1 Å². The Balaban J connectivity index is 2.36. The van der Waals surface area contributed by atoms with Crippen LogP contribution >= 0.6 is 0 Å². The number of nitrogens with zero attached hydrogens (tertiary/aromatic N) is 3.